The van der Waals surface area contributed by atoms with E-state index in [9.17, 15) is 13.2 Å². The van der Waals surface area contributed by atoms with E-state index in [1.54, 1.807) is 26.0 Å². The van der Waals surface area contributed by atoms with Gasteiger partial charge in [-0.3, -0.25) is 0 Å². The molecule has 0 aliphatic rings. The fourth-order valence-corrected chi connectivity index (χ4v) is 4.40. The van der Waals surface area contributed by atoms with Gasteiger partial charge in [-0.05, 0) is 30.3 Å². The molecule has 0 fully saturated rings. The number of halogens is 2. The minimum atomic E-state index is -3.83. The predicted octanol–water partition coefficient (Wildman–Crippen LogP) is 4.25. The molecule has 0 saturated carbocycles. The summed E-state index contributed by atoms with van der Waals surface area (Å²) in [6, 6.07) is 8.69. The van der Waals surface area contributed by atoms with Crippen LogP contribution in [0.3, 0.4) is 0 Å². The minimum Gasteiger partial charge on any atom is -0.495 e. The molecule has 0 N–H and O–H groups in total. The third-order valence-corrected chi connectivity index (χ3v) is 6.71. The van der Waals surface area contributed by atoms with Crippen LogP contribution in [0.15, 0.2) is 41.3 Å². The van der Waals surface area contributed by atoms with Gasteiger partial charge in [0.05, 0.1) is 17.7 Å². The van der Waals surface area contributed by atoms with Crippen molar-refractivity contribution in [2.45, 2.75) is 18.7 Å². The largest absolute Gasteiger partial charge is 0.495 e. The van der Waals surface area contributed by atoms with Crippen molar-refractivity contribution in [3.63, 3.8) is 0 Å². The van der Waals surface area contributed by atoms with Crippen LogP contribution in [0.1, 0.15) is 24.2 Å². The lowest BCUT2D eigenvalue weighted by molar-refractivity contribution is 0.0734. The molecule has 27 heavy (non-hydrogen) atoms. The van der Waals surface area contributed by atoms with Gasteiger partial charge in [-0.1, -0.05) is 43.1 Å². The Morgan fingerprint density at radius 2 is 1.74 bits per heavy atom. The molecule has 0 amide bonds. The maximum absolute atomic E-state index is 12.9. The molecule has 0 bridgehead atoms. The molecule has 0 radical (unpaired) electrons. The number of benzene rings is 2. The van der Waals surface area contributed by atoms with Crippen molar-refractivity contribution in [2.75, 3.05) is 20.2 Å². The van der Waals surface area contributed by atoms with E-state index in [1.165, 1.54) is 35.7 Å². The van der Waals surface area contributed by atoms with Crippen LogP contribution in [0.2, 0.25) is 10.0 Å². The highest BCUT2D eigenvalue weighted by Crippen LogP contribution is 2.33. The monoisotopic (exact) mass is 431 g/mol. The Labute approximate surface area is 168 Å². The summed E-state index contributed by atoms with van der Waals surface area (Å²) in [6.45, 7) is 4.03. The number of ether oxygens (including phenoxy) is 2. The number of hydrogen-bond donors (Lipinski definition) is 0. The van der Waals surface area contributed by atoms with Gasteiger partial charge in [0.15, 0.2) is 5.75 Å². The lowest BCUT2D eigenvalue weighted by Crippen LogP contribution is -2.31. The molecule has 0 unspecified atom stereocenters. The van der Waals surface area contributed by atoms with E-state index in [4.69, 9.17) is 32.7 Å². The van der Waals surface area contributed by atoms with Crippen LogP contribution in [0.25, 0.3) is 0 Å². The van der Waals surface area contributed by atoms with Gasteiger partial charge in [0.2, 0.25) is 10.0 Å². The summed E-state index contributed by atoms with van der Waals surface area (Å²) in [5, 5.41) is 0.332. The summed E-state index contributed by atoms with van der Waals surface area (Å²) in [5.74, 6) is -0.546. The Balaban J connectivity index is 2.45. The quantitative estimate of drug-likeness (QED) is 0.483. The molecule has 0 atom stereocenters. The van der Waals surface area contributed by atoms with Crippen LogP contribution in [0, 0.1) is 0 Å². The normalized spacial score (nSPS) is 11.5. The molecule has 0 saturated heterocycles. The highest BCUT2D eigenvalue weighted by molar-refractivity contribution is 7.89. The van der Waals surface area contributed by atoms with Crippen molar-refractivity contribution < 1.29 is 22.7 Å². The first-order valence-electron chi connectivity index (χ1n) is 8.10. The average Bonchev–Trinajstić information content (AvgIpc) is 2.65. The van der Waals surface area contributed by atoms with Crippen LogP contribution in [0.4, 0.5) is 0 Å². The third-order valence-electron chi connectivity index (χ3n) is 3.84. The third kappa shape index (κ3) is 4.55. The number of methoxy groups -OCH3 is 1. The van der Waals surface area contributed by atoms with E-state index in [-0.39, 0.29) is 45.1 Å². The van der Waals surface area contributed by atoms with Crippen molar-refractivity contribution in [3.8, 4) is 11.5 Å². The molecule has 2 rings (SSSR count). The van der Waals surface area contributed by atoms with Crippen molar-refractivity contribution in [1.82, 2.24) is 4.31 Å². The molecule has 2 aromatic carbocycles. The van der Waals surface area contributed by atoms with Crippen LogP contribution in [0.5, 0.6) is 11.5 Å². The number of carbonyl (C=O) groups is 1. The van der Waals surface area contributed by atoms with Crippen LogP contribution < -0.4 is 9.47 Å². The lowest BCUT2D eigenvalue weighted by Gasteiger charge is -2.20. The van der Waals surface area contributed by atoms with E-state index < -0.39 is 16.0 Å². The second-order valence-corrected chi connectivity index (χ2v) is 8.09. The van der Waals surface area contributed by atoms with Gasteiger partial charge in [0.1, 0.15) is 15.7 Å². The zero-order chi connectivity index (χ0) is 20.2. The highest BCUT2D eigenvalue weighted by atomic mass is 35.5. The smallest absolute Gasteiger partial charge is 0.343 e. The molecule has 9 heteroatoms. The highest BCUT2D eigenvalue weighted by Gasteiger charge is 2.27. The van der Waals surface area contributed by atoms with E-state index in [2.05, 4.69) is 0 Å². The van der Waals surface area contributed by atoms with Crippen molar-refractivity contribution in [3.05, 3.63) is 52.0 Å². The second-order valence-electron chi connectivity index (χ2n) is 5.40. The van der Waals surface area contributed by atoms with E-state index in [0.29, 0.717) is 0 Å². The molecule has 0 aromatic heterocycles. The Hall–Kier alpha value is -1.80. The molecule has 0 aliphatic carbocycles. The van der Waals surface area contributed by atoms with Gasteiger partial charge >= 0.3 is 5.97 Å². The zero-order valence-electron chi connectivity index (χ0n) is 15.0. The summed E-state index contributed by atoms with van der Waals surface area (Å²) in [7, 11) is -2.47. The molecule has 0 spiro atoms. The number of hydrogen-bond acceptors (Lipinski definition) is 5. The van der Waals surface area contributed by atoms with Gasteiger partial charge < -0.3 is 9.47 Å². The summed E-state index contributed by atoms with van der Waals surface area (Å²) < 4.78 is 37.4. The molecule has 2 aromatic rings. The predicted molar refractivity (Wildman–Crippen MR) is 105 cm³/mol. The molecule has 0 heterocycles. The maximum atomic E-state index is 12.9. The summed E-state index contributed by atoms with van der Waals surface area (Å²) in [4.78, 5) is 12.4. The van der Waals surface area contributed by atoms with Crippen molar-refractivity contribution in [2.24, 2.45) is 0 Å². The maximum Gasteiger partial charge on any atom is 0.343 e. The minimum absolute atomic E-state index is 0.0394. The Bertz CT molecular complexity index is 943. The number of esters is 1. The second kappa shape index (κ2) is 8.93. The number of nitrogens with zero attached hydrogens (tertiary/aromatic N) is 1. The SMILES string of the molecule is CCN(CC)S(=O)(=O)c1cc(C(=O)Oc2cccc(Cl)c2Cl)ccc1OC. The topological polar surface area (TPSA) is 72.9 Å². The number of sulfonamides is 1. The molecule has 0 aliphatic heterocycles. The molecular formula is C18H19Cl2NO5S. The van der Waals surface area contributed by atoms with Gasteiger partial charge in [0, 0.05) is 13.1 Å². The van der Waals surface area contributed by atoms with Crippen molar-refractivity contribution in [1.29, 1.82) is 0 Å². The lowest BCUT2D eigenvalue weighted by atomic mass is 10.2. The standard InChI is InChI=1S/C18H19Cl2NO5S/c1-4-21(5-2)27(23,24)16-11-12(9-10-14(16)25-3)18(22)26-15-8-6-7-13(19)17(15)20/h6-11H,4-5H2,1-3H3. The summed E-state index contributed by atoms with van der Waals surface area (Å²) in [5.41, 5.74) is 0.0394. The number of carbonyl (C=O) groups excluding carboxylic acids is 1. The van der Waals surface area contributed by atoms with Crippen LogP contribution in [-0.2, 0) is 10.0 Å². The Morgan fingerprint density at radius 1 is 1.07 bits per heavy atom. The molecule has 146 valence electrons. The number of rotatable bonds is 7. The van der Waals surface area contributed by atoms with Crippen molar-refractivity contribution >= 4 is 39.2 Å². The Kier molecular flexibility index (Phi) is 7.11. The fraction of sp³-hybridized carbons (Fsp3) is 0.278. The summed E-state index contributed by atoms with van der Waals surface area (Å²) >= 11 is 11.9. The van der Waals surface area contributed by atoms with E-state index in [0.717, 1.165) is 0 Å². The van der Waals surface area contributed by atoms with Gasteiger partial charge in [-0.15, -0.1) is 0 Å². The fourth-order valence-electron chi connectivity index (χ4n) is 2.43. The Morgan fingerprint density at radius 3 is 2.33 bits per heavy atom. The van der Waals surface area contributed by atoms with Crippen LogP contribution in [-0.4, -0.2) is 38.9 Å². The molecular weight excluding hydrogens is 413 g/mol. The first-order chi connectivity index (χ1) is 12.8. The van der Waals surface area contributed by atoms with Gasteiger partial charge in [-0.2, -0.15) is 4.31 Å². The van der Waals surface area contributed by atoms with Gasteiger partial charge in [-0.25, -0.2) is 13.2 Å². The van der Waals surface area contributed by atoms with Gasteiger partial charge in [0.25, 0.3) is 0 Å². The van der Waals surface area contributed by atoms with Crippen LogP contribution >= 0.6 is 23.2 Å². The average molecular weight is 432 g/mol. The van der Waals surface area contributed by atoms with E-state index in [1.807, 2.05) is 0 Å². The zero-order valence-corrected chi connectivity index (χ0v) is 17.4. The molecule has 6 nitrogen and oxygen atoms in total. The summed E-state index contributed by atoms with van der Waals surface area (Å²) in [6.07, 6.45) is 0. The first kappa shape index (κ1) is 21.5. The van der Waals surface area contributed by atoms with E-state index >= 15 is 0 Å². The first-order valence-corrected chi connectivity index (χ1v) is 10.3.